The van der Waals surface area contributed by atoms with Crippen LogP contribution in [-0.4, -0.2) is 31.1 Å². The van der Waals surface area contributed by atoms with Crippen LogP contribution in [0.3, 0.4) is 0 Å². The molecule has 0 bridgehead atoms. The van der Waals surface area contributed by atoms with Crippen LogP contribution in [0, 0.1) is 0 Å². The second-order valence-corrected chi connectivity index (χ2v) is 8.78. The van der Waals surface area contributed by atoms with Gasteiger partial charge in [0, 0.05) is 12.7 Å². The van der Waals surface area contributed by atoms with Gasteiger partial charge in [-0.05, 0) is 47.9 Å². The molecular weight excluding hydrogens is 371 g/mol. The molecule has 0 saturated heterocycles. The van der Waals surface area contributed by atoms with Crippen LogP contribution in [0.5, 0.6) is 5.75 Å². The van der Waals surface area contributed by atoms with E-state index in [1.54, 1.807) is 18.2 Å². The van der Waals surface area contributed by atoms with Crippen LogP contribution >= 0.6 is 0 Å². The molecule has 0 saturated carbocycles. The molecule has 0 fully saturated rings. The van der Waals surface area contributed by atoms with Gasteiger partial charge in [-0.25, -0.2) is 13.5 Å². The fourth-order valence-electron chi connectivity index (χ4n) is 2.93. The third-order valence-electron chi connectivity index (χ3n) is 4.49. The van der Waals surface area contributed by atoms with Gasteiger partial charge in [0.25, 0.3) is 0 Å². The number of nitrogens with zero attached hydrogens (tertiary/aromatic N) is 1. The lowest BCUT2D eigenvalue weighted by Gasteiger charge is -2.29. The van der Waals surface area contributed by atoms with Crippen molar-refractivity contribution in [3.05, 3.63) is 48.0 Å². The molecule has 1 aliphatic heterocycles. The molecule has 1 N–H and O–H groups in total. The highest BCUT2D eigenvalue weighted by Crippen LogP contribution is 2.42. The molecule has 2 aromatic carbocycles. The van der Waals surface area contributed by atoms with Crippen LogP contribution in [0.25, 0.3) is 11.1 Å². The van der Waals surface area contributed by atoms with Gasteiger partial charge in [-0.15, -0.1) is 13.2 Å². The highest BCUT2D eigenvalue weighted by Gasteiger charge is 2.47. The van der Waals surface area contributed by atoms with E-state index in [2.05, 4.69) is 4.74 Å². The summed E-state index contributed by atoms with van der Waals surface area (Å²) in [6.07, 6.45) is -3.60. The highest BCUT2D eigenvalue weighted by molar-refractivity contribution is 7.92. The fourth-order valence-corrected chi connectivity index (χ4v) is 3.76. The van der Waals surface area contributed by atoms with Crippen molar-refractivity contribution < 1.29 is 31.5 Å². The Morgan fingerprint density at radius 2 is 1.69 bits per heavy atom. The third-order valence-corrected chi connectivity index (χ3v) is 6.41. The maximum atomic E-state index is 12.2. The number of sulfone groups is 1. The first kappa shape index (κ1) is 18.5. The lowest BCUT2D eigenvalue weighted by atomic mass is 10.0. The molecular formula is C17H16F3NO4S. The zero-order valence-corrected chi connectivity index (χ0v) is 14.7. The van der Waals surface area contributed by atoms with Crippen LogP contribution in [0.4, 0.5) is 18.9 Å². The lowest BCUT2D eigenvalue weighted by molar-refractivity contribution is -0.274. The number of hydrogen-bond donors (Lipinski definition) is 1. The number of hydroxylamine groups is 1. The molecule has 3 rings (SSSR count). The highest BCUT2D eigenvalue weighted by atomic mass is 32.2. The minimum absolute atomic E-state index is 0.0980. The number of rotatable bonds is 3. The Bertz CT molecular complexity index is 941. The SMILES string of the molecule is C[C@@]1(S(C)(=O)=O)Cc2cc(-c3ccc(OC(F)(F)F)cc3)ccc2N1O. The first-order chi connectivity index (χ1) is 11.9. The molecule has 0 amide bonds. The Labute approximate surface area is 148 Å². The van der Waals surface area contributed by atoms with Gasteiger partial charge < -0.3 is 4.74 Å². The second-order valence-electron chi connectivity index (χ2n) is 6.35. The molecule has 0 aliphatic carbocycles. The normalized spacial score (nSPS) is 20.2. The largest absolute Gasteiger partial charge is 0.573 e. The molecule has 1 atom stereocenters. The molecule has 26 heavy (non-hydrogen) atoms. The van der Waals surface area contributed by atoms with Gasteiger partial charge in [-0.3, -0.25) is 5.21 Å². The number of alkyl halides is 3. The van der Waals surface area contributed by atoms with Crippen molar-refractivity contribution in [3.63, 3.8) is 0 Å². The van der Waals surface area contributed by atoms with Gasteiger partial charge in [0.2, 0.25) is 0 Å². The van der Waals surface area contributed by atoms with Gasteiger partial charge in [0.15, 0.2) is 14.7 Å². The zero-order chi connectivity index (χ0) is 19.3. The maximum Gasteiger partial charge on any atom is 0.573 e. The maximum absolute atomic E-state index is 12.2. The van der Waals surface area contributed by atoms with E-state index < -0.39 is 21.1 Å². The summed E-state index contributed by atoms with van der Waals surface area (Å²) in [6.45, 7) is 1.44. The average molecular weight is 387 g/mol. The van der Waals surface area contributed by atoms with E-state index in [1.807, 2.05) is 0 Å². The molecule has 0 spiro atoms. The Balaban J connectivity index is 1.91. The van der Waals surface area contributed by atoms with E-state index >= 15 is 0 Å². The molecule has 9 heteroatoms. The number of anilines is 1. The minimum atomic E-state index is -4.75. The lowest BCUT2D eigenvalue weighted by Crippen LogP contribution is -2.48. The molecule has 2 aromatic rings. The van der Waals surface area contributed by atoms with Crippen LogP contribution in [-0.2, 0) is 16.3 Å². The fraction of sp³-hybridized carbons (Fsp3) is 0.294. The third kappa shape index (κ3) is 3.24. The number of halogens is 3. The van der Waals surface area contributed by atoms with Crippen molar-refractivity contribution in [3.8, 4) is 16.9 Å². The van der Waals surface area contributed by atoms with Gasteiger partial charge in [-0.2, -0.15) is 0 Å². The van der Waals surface area contributed by atoms with Crippen molar-refractivity contribution in [2.45, 2.75) is 24.6 Å². The van der Waals surface area contributed by atoms with Crippen molar-refractivity contribution >= 4 is 15.5 Å². The summed E-state index contributed by atoms with van der Waals surface area (Å²) in [5.74, 6) is -0.325. The number of hydrogen-bond acceptors (Lipinski definition) is 5. The topological polar surface area (TPSA) is 66.8 Å². The van der Waals surface area contributed by atoms with Crippen LogP contribution in [0.1, 0.15) is 12.5 Å². The summed E-state index contributed by atoms with van der Waals surface area (Å²) in [7, 11) is -3.57. The summed E-state index contributed by atoms with van der Waals surface area (Å²) in [4.78, 5) is -1.46. The predicted molar refractivity (Wildman–Crippen MR) is 89.8 cm³/mol. The summed E-state index contributed by atoms with van der Waals surface area (Å²) in [5.41, 5.74) is 2.35. The molecule has 0 radical (unpaired) electrons. The molecule has 1 heterocycles. The first-order valence-electron chi connectivity index (χ1n) is 7.58. The number of fused-ring (bicyclic) bond motifs is 1. The Hall–Kier alpha value is -2.26. The Morgan fingerprint density at radius 3 is 2.23 bits per heavy atom. The van der Waals surface area contributed by atoms with Crippen molar-refractivity contribution in [1.82, 2.24) is 0 Å². The molecule has 0 unspecified atom stereocenters. The van der Waals surface area contributed by atoms with E-state index in [0.29, 0.717) is 22.4 Å². The molecule has 0 aromatic heterocycles. The Morgan fingerprint density at radius 1 is 1.12 bits per heavy atom. The average Bonchev–Trinajstić information content (AvgIpc) is 2.78. The van der Waals surface area contributed by atoms with E-state index in [1.165, 1.54) is 31.2 Å². The summed E-state index contributed by atoms with van der Waals surface area (Å²) < 4.78 is 64.6. The number of benzene rings is 2. The molecule has 5 nitrogen and oxygen atoms in total. The van der Waals surface area contributed by atoms with E-state index in [4.69, 9.17) is 0 Å². The van der Waals surface area contributed by atoms with Crippen molar-refractivity contribution in [2.75, 3.05) is 11.3 Å². The van der Waals surface area contributed by atoms with E-state index in [-0.39, 0.29) is 12.2 Å². The quantitative estimate of drug-likeness (QED) is 0.869. The standard InChI is InChI=1S/C17H16F3NO4S/c1-16(26(2,23)24)10-13-9-12(5-8-15(13)21(16)22)11-3-6-14(7-4-11)25-17(18,19)20/h3-9,22H,10H2,1-2H3/t16-/m1/s1. The van der Waals surface area contributed by atoms with Crippen molar-refractivity contribution in [1.29, 1.82) is 0 Å². The van der Waals surface area contributed by atoms with Crippen molar-refractivity contribution in [2.24, 2.45) is 0 Å². The number of ether oxygens (including phenoxy) is 1. The summed E-state index contributed by atoms with van der Waals surface area (Å²) in [5, 5.41) is 11.0. The van der Waals surface area contributed by atoms with Gasteiger partial charge in [0.05, 0.1) is 5.69 Å². The van der Waals surface area contributed by atoms with Crippen LogP contribution < -0.4 is 9.80 Å². The minimum Gasteiger partial charge on any atom is -0.406 e. The molecule has 1 aliphatic rings. The van der Waals surface area contributed by atoms with E-state index in [0.717, 1.165) is 11.3 Å². The summed E-state index contributed by atoms with van der Waals surface area (Å²) in [6, 6.07) is 10.3. The van der Waals surface area contributed by atoms with Gasteiger partial charge in [0.1, 0.15) is 5.75 Å². The summed E-state index contributed by atoms with van der Waals surface area (Å²) >= 11 is 0. The van der Waals surface area contributed by atoms with E-state index in [9.17, 15) is 26.8 Å². The van der Waals surface area contributed by atoms with Gasteiger partial charge >= 0.3 is 6.36 Å². The molecule has 140 valence electrons. The van der Waals surface area contributed by atoms with Gasteiger partial charge in [-0.1, -0.05) is 18.2 Å². The van der Waals surface area contributed by atoms with Crippen LogP contribution in [0.2, 0.25) is 0 Å². The monoisotopic (exact) mass is 387 g/mol. The van der Waals surface area contributed by atoms with Crippen LogP contribution in [0.15, 0.2) is 42.5 Å². The first-order valence-corrected chi connectivity index (χ1v) is 9.48. The zero-order valence-electron chi connectivity index (χ0n) is 13.9. The smallest absolute Gasteiger partial charge is 0.406 e. The second kappa shape index (κ2) is 5.88. The predicted octanol–water partition coefficient (Wildman–Crippen LogP) is 3.76. The Kier molecular flexibility index (Phi) is 4.19.